The molecule has 3 aromatic heterocycles. The van der Waals surface area contributed by atoms with Crippen molar-refractivity contribution in [3.8, 4) is 54.0 Å². The number of hydrogen-bond donors (Lipinski definition) is 0. The Morgan fingerprint density at radius 2 is 1.03 bits per heavy atom. The van der Waals surface area contributed by atoms with Gasteiger partial charge in [-0.05, 0) is 47.8 Å². The molecule has 0 aliphatic carbocycles. The Balaban J connectivity index is 1.36. The molecular formula is C30H20O3S3. The van der Waals surface area contributed by atoms with E-state index in [1.165, 1.54) is 0 Å². The van der Waals surface area contributed by atoms with E-state index in [9.17, 15) is 0 Å². The van der Waals surface area contributed by atoms with Gasteiger partial charge in [0.2, 0.25) is 0 Å². The summed E-state index contributed by atoms with van der Waals surface area (Å²) in [6.45, 7) is 0. The van der Waals surface area contributed by atoms with E-state index in [0.717, 1.165) is 54.0 Å². The fourth-order valence-corrected chi connectivity index (χ4v) is 6.59. The summed E-state index contributed by atoms with van der Waals surface area (Å²) >= 11 is 5.00. The van der Waals surface area contributed by atoms with Gasteiger partial charge in [-0.1, -0.05) is 54.6 Å². The quantitative estimate of drug-likeness (QED) is 0.198. The van der Waals surface area contributed by atoms with E-state index in [0.29, 0.717) is 0 Å². The second-order valence-electron chi connectivity index (χ2n) is 7.81. The standard InChI is InChI=1S/C30H20O3S3/c1-4-10-21(11-5-1)31-24-18-27(35-20-24)28-19-26(33-23-14-8-3-9-15-23)30(36-28)29-25(16-17-34-29)32-22-12-6-2-7-13-22/h1-20H. The zero-order chi connectivity index (χ0) is 24.2. The van der Waals surface area contributed by atoms with E-state index in [2.05, 4.69) is 17.5 Å². The first-order chi connectivity index (χ1) is 17.8. The van der Waals surface area contributed by atoms with Gasteiger partial charge < -0.3 is 14.2 Å². The van der Waals surface area contributed by atoms with Crippen molar-refractivity contribution in [1.82, 2.24) is 0 Å². The largest absolute Gasteiger partial charge is 0.456 e. The van der Waals surface area contributed by atoms with Gasteiger partial charge in [0, 0.05) is 27.3 Å². The predicted octanol–water partition coefficient (Wildman–Crippen LogP) is 10.6. The van der Waals surface area contributed by atoms with Crippen LogP contribution in [0.15, 0.2) is 120 Å². The minimum absolute atomic E-state index is 0.796. The second kappa shape index (κ2) is 10.4. The Kier molecular flexibility index (Phi) is 6.54. The lowest BCUT2D eigenvalue weighted by Crippen LogP contribution is -1.85. The minimum atomic E-state index is 0.796. The van der Waals surface area contributed by atoms with Crippen molar-refractivity contribution >= 4 is 34.0 Å². The molecule has 0 unspecified atom stereocenters. The Morgan fingerprint density at radius 3 is 1.67 bits per heavy atom. The molecule has 0 N–H and O–H groups in total. The molecule has 0 aliphatic rings. The lowest BCUT2D eigenvalue weighted by molar-refractivity contribution is 0.480. The second-order valence-corrected chi connectivity index (χ2v) is 10.7. The van der Waals surface area contributed by atoms with Crippen LogP contribution in [0.2, 0.25) is 0 Å². The van der Waals surface area contributed by atoms with E-state index in [4.69, 9.17) is 14.2 Å². The van der Waals surface area contributed by atoms with Crippen LogP contribution < -0.4 is 14.2 Å². The summed E-state index contributed by atoms with van der Waals surface area (Å²) < 4.78 is 18.7. The average Bonchev–Trinajstić information content (AvgIpc) is 3.66. The molecule has 6 heteroatoms. The fourth-order valence-electron chi connectivity index (χ4n) is 3.63. The van der Waals surface area contributed by atoms with Crippen molar-refractivity contribution in [3.05, 3.63) is 120 Å². The molecule has 3 nitrogen and oxygen atoms in total. The van der Waals surface area contributed by atoms with Crippen LogP contribution in [0.1, 0.15) is 0 Å². The molecule has 0 fully saturated rings. The zero-order valence-electron chi connectivity index (χ0n) is 19.0. The number of hydrogen-bond acceptors (Lipinski definition) is 6. The average molecular weight is 525 g/mol. The van der Waals surface area contributed by atoms with Gasteiger partial charge in [0.25, 0.3) is 0 Å². The molecule has 6 aromatic rings. The first-order valence-corrected chi connectivity index (χ1v) is 13.9. The highest BCUT2D eigenvalue weighted by Gasteiger charge is 2.21. The molecule has 0 atom stereocenters. The molecule has 6 rings (SSSR count). The maximum atomic E-state index is 6.38. The maximum absolute atomic E-state index is 6.38. The van der Waals surface area contributed by atoms with Crippen molar-refractivity contribution in [2.45, 2.75) is 0 Å². The highest BCUT2D eigenvalue weighted by Crippen LogP contribution is 2.51. The molecule has 3 heterocycles. The van der Waals surface area contributed by atoms with Crippen LogP contribution in [0.25, 0.3) is 19.5 Å². The van der Waals surface area contributed by atoms with Gasteiger partial charge in [0.15, 0.2) is 0 Å². The van der Waals surface area contributed by atoms with Gasteiger partial charge in [0.05, 0.1) is 9.75 Å². The monoisotopic (exact) mass is 524 g/mol. The van der Waals surface area contributed by atoms with Crippen LogP contribution in [0, 0.1) is 0 Å². The van der Waals surface area contributed by atoms with E-state index in [1.807, 2.05) is 102 Å². The Morgan fingerprint density at radius 1 is 0.444 bits per heavy atom. The highest BCUT2D eigenvalue weighted by molar-refractivity contribution is 7.26. The lowest BCUT2D eigenvalue weighted by Gasteiger charge is -2.08. The van der Waals surface area contributed by atoms with Crippen molar-refractivity contribution in [3.63, 3.8) is 0 Å². The summed E-state index contributed by atoms with van der Waals surface area (Å²) in [6.07, 6.45) is 0. The summed E-state index contributed by atoms with van der Waals surface area (Å²) in [7, 11) is 0. The molecule has 0 saturated carbocycles. The van der Waals surface area contributed by atoms with E-state index in [1.54, 1.807) is 34.0 Å². The summed E-state index contributed by atoms with van der Waals surface area (Å²) in [5.74, 6) is 4.87. The molecule has 0 saturated heterocycles. The molecule has 176 valence electrons. The van der Waals surface area contributed by atoms with Crippen LogP contribution in [-0.4, -0.2) is 0 Å². The van der Waals surface area contributed by atoms with Crippen LogP contribution in [0.5, 0.6) is 34.5 Å². The summed E-state index contributed by atoms with van der Waals surface area (Å²) in [4.78, 5) is 4.31. The Labute approximate surface area is 221 Å². The van der Waals surface area contributed by atoms with Gasteiger partial charge >= 0.3 is 0 Å². The number of benzene rings is 3. The number of thiophene rings is 3. The molecule has 0 radical (unpaired) electrons. The van der Waals surface area contributed by atoms with Gasteiger partial charge in [0.1, 0.15) is 34.5 Å². The van der Waals surface area contributed by atoms with Crippen molar-refractivity contribution in [1.29, 1.82) is 0 Å². The van der Waals surface area contributed by atoms with Crippen molar-refractivity contribution < 1.29 is 14.2 Å². The van der Waals surface area contributed by atoms with Crippen molar-refractivity contribution in [2.24, 2.45) is 0 Å². The summed E-state index contributed by atoms with van der Waals surface area (Å²) in [5, 5.41) is 4.09. The zero-order valence-corrected chi connectivity index (χ0v) is 21.4. The molecule has 0 bridgehead atoms. The summed E-state index contributed by atoms with van der Waals surface area (Å²) in [5.41, 5.74) is 0. The Bertz CT molecular complexity index is 1550. The topological polar surface area (TPSA) is 27.7 Å². The number of ether oxygens (including phenoxy) is 3. The molecular weight excluding hydrogens is 505 g/mol. The van der Waals surface area contributed by atoms with Gasteiger partial charge in [-0.2, -0.15) is 0 Å². The molecule has 0 amide bonds. The number of rotatable bonds is 8. The fraction of sp³-hybridized carbons (Fsp3) is 0. The van der Waals surface area contributed by atoms with Gasteiger partial charge in [-0.3, -0.25) is 0 Å². The maximum Gasteiger partial charge on any atom is 0.147 e. The van der Waals surface area contributed by atoms with Crippen molar-refractivity contribution in [2.75, 3.05) is 0 Å². The molecule has 0 spiro atoms. The SMILES string of the molecule is c1ccc(Oc2csc(-c3cc(Oc4ccccc4)c(-c4sccc4Oc4ccccc4)s3)c2)cc1. The van der Waals surface area contributed by atoms with Crippen LogP contribution in [0.3, 0.4) is 0 Å². The van der Waals surface area contributed by atoms with Crippen LogP contribution in [-0.2, 0) is 0 Å². The third kappa shape index (κ3) is 5.06. The normalized spacial score (nSPS) is 10.8. The third-order valence-electron chi connectivity index (χ3n) is 5.27. The van der Waals surface area contributed by atoms with Crippen LogP contribution >= 0.6 is 34.0 Å². The highest BCUT2D eigenvalue weighted by atomic mass is 32.1. The smallest absolute Gasteiger partial charge is 0.147 e. The van der Waals surface area contributed by atoms with E-state index in [-0.39, 0.29) is 0 Å². The van der Waals surface area contributed by atoms with E-state index < -0.39 is 0 Å². The molecule has 3 aromatic carbocycles. The first-order valence-electron chi connectivity index (χ1n) is 11.3. The molecule has 0 aliphatic heterocycles. The van der Waals surface area contributed by atoms with Crippen LogP contribution in [0.4, 0.5) is 0 Å². The van der Waals surface area contributed by atoms with Gasteiger partial charge in [-0.15, -0.1) is 34.0 Å². The minimum Gasteiger partial charge on any atom is -0.456 e. The predicted molar refractivity (Wildman–Crippen MR) is 150 cm³/mol. The molecule has 36 heavy (non-hydrogen) atoms. The van der Waals surface area contributed by atoms with E-state index >= 15 is 0 Å². The van der Waals surface area contributed by atoms with Gasteiger partial charge in [-0.25, -0.2) is 0 Å². The summed E-state index contributed by atoms with van der Waals surface area (Å²) in [6, 6.07) is 35.7. The lowest BCUT2D eigenvalue weighted by atomic mass is 10.3. The number of para-hydroxylation sites is 3. The third-order valence-corrected chi connectivity index (χ3v) is 8.55. The first kappa shape index (κ1) is 22.6. The Hall–Kier alpha value is -3.84.